The highest BCUT2D eigenvalue weighted by molar-refractivity contribution is 6.20. The zero-order valence-electron chi connectivity index (χ0n) is 18.7. The summed E-state index contributed by atoms with van der Waals surface area (Å²) in [5.41, 5.74) is 3.30. The van der Waals surface area contributed by atoms with Gasteiger partial charge in [0.25, 0.3) is 12.3 Å². The van der Waals surface area contributed by atoms with Crippen molar-refractivity contribution < 1.29 is 13.6 Å². The summed E-state index contributed by atoms with van der Waals surface area (Å²) in [6, 6.07) is 11.4. The van der Waals surface area contributed by atoms with Crippen LogP contribution in [0.25, 0.3) is 0 Å². The second-order valence-corrected chi connectivity index (χ2v) is 9.76. The van der Waals surface area contributed by atoms with Crippen molar-refractivity contribution in [2.45, 2.75) is 76.9 Å². The number of alkyl halides is 3. The monoisotopic (exact) mass is 460 g/mol. The van der Waals surface area contributed by atoms with E-state index in [0.717, 1.165) is 23.2 Å². The van der Waals surface area contributed by atoms with Crippen molar-refractivity contribution in [3.63, 3.8) is 0 Å². The van der Waals surface area contributed by atoms with Crippen LogP contribution in [-0.2, 0) is 19.5 Å². The summed E-state index contributed by atoms with van der Waals surface area (Å²) in [5, 5.41) is 3.49. The normalized spacial score (nSPS) is 18.1. The summed E-state index contributed by atoms with van der Waals surface area (Å²) in [6.07, 6.45) is 2.64. The number of nitrogens with one attached hydrogen (secondary N) is 1. The average molecular weight is 461 g/mol. The maximum absolute atomic E-state index is 13.9. The summed E-state index contributed by atoms with van der Waals surface area (Å²) >= 11 is 6.30. The van der Waals surface area contributed by atoms with E-state index in [1.165, 1.54) is 19.3 Å². The number of carbonyl (C=O) groups excluding carboxylic acids is 1. The number of fused-ring (bicyclic) bond motifs is 1. The average Bonchev–Trinajstić information content (AvgIpc) is 3.07. The third kappa shape index (κ3) is 4.84. The lowest BCUT2D eigenvalue weighted by molar-refractivity contribution is 0.0996. The third-order valence-electron chi connectivity index (χ3n) is 6.98. The first-order chi connectivity index (χ1) is 15.4. The Balaban J connectivity index is 1.57. The zero-order chi connectivity index (χ0) is 22.8. The fraction of sp³-hybridized carbons (Fsp3) is 0.500. The van der Waals surface area contributed by atoms with Gasteiger partial charge in [-0.1, -0.05) is 25.5 Å². The minimum Gasteiger partial charge on any atom is -0.310 e. The van der Waals surface area contributed by atoms with Gasteiger partial charge in [-0.2, -0.15) is 0 Å². The Morgan fingerprint density at radius 3 is 2.62 bits per heavy atom. The Labute approximate surface area is 194 Å². The number of amides is 1. The Bertz CT molecular complexity index is 976. The van der Waals surface area contributed by atoms with Gasteiger partial charge in [0.1, 0.15) is 0 Å². The first-order valence-corrected chi connectivity index (χ1v) is 12.0. The van der Waals surface area contributed by atoms with Crippen LogP contribution in [0, 0.1) is 5.92 Å². The Morgan fingerprint density at radius 1 is 1.19 bits per heavy atom. The molecule has 1 fully saturated rings. The van der Waals surface area contributed by atoms with Crippen LogP contribution in [0.15, 0.2) is 36.4 Å². The molecule has 1 aliphatic heterocycles. The second kappa shape index (κ2) is 9.88. The van der Waals surface area contributed by atoms with Crippen LogP contribution in [0.3, 0.4) is 0 Å². The number of nitrogens with zero attached hydrogens (tertiary/aromatic N) is 1. The summed E-state index contributed by atoms with van der Waals surface area (Å²) in [5.74, 6) is 0.439. The lowest BCUT2D eigenvalue weighted by Crippen LogP contribution is -2.36. The van der Waals surface area contributed by atoms with Gasteiger partial charge in [-0.25, -0.2) is 8.78 Å². The van der Waals surface area contributed by atoms with E-state index < -0.39 is 6.43 Å². The summed E-state index contributed by atoms with van der Waals surface area (Å²) in [7, 11) is 0. The van der Waals surface area contributed by atoms with Crippen LogP contribution >= 0.6 is 11.6 Å². The smallest absolute Gasteiger partial charge is 0.264 e. The molecule has 1 heterocycles. The van der Waals surface area contributed by atoms with Crippen molar-refractivity contribution >= 4 is 23.2 Å². The SMILES string of the molecule is CCC(Cl)Cc1cccc(N2Cc3c(cc(CNC(C)C4CCC4)cc3C(F)F)C2=O)c1. The summed E-state index contributed by atoms with van der Waals surface area (Å²) < 4.78 is 27.9. The van der Waals surface area contributed by atoms with E-state index in [4.69, 9.17) is 11.6 Å². The van der Waals surface area contributed by atoms with Crippen LogP contribution in [0.1, 0.15) is 78.6 Å². The quantitative estimate of drug-likeness (QED) is 0.426. The largest absolute Gasteiger partial charge is 0.310 e. The van der Waals surface area contributed by atoms with Crippen molar-refractivity contribution in [1.29, 1.82) is 0 Å². The number of hydrogen-bond acceptors (Lipinski definition) is 2. The van der Waals surface area contributed by atoms with Gasteiger partial charge >= 0.3 is 0 Å². The highest BCUT2D eigenvalue weighted by Crippen LogP contribution is 2.36. The predicted molar refractivity (Wildman–Crippen MR) is 126 cm³/mol. The van der Waals surface area contributed by atoms with E-state index >= 15 is 0 Å². The number of carbonyl (C=O) groups is 1. The molecule has 2 aliphatic rings. The molecule has 2 aromatic rings. The van der Waals surface area contributed by atoms with Gasteiger partial charge in [0, 0.05) is 34.8 Å². The van der Waals surface area contributed by atoms with Gasteiger partial charge in [0.15, 0.2) is 0 Å². The van der Waals surface area contributed by atoms with Gasteiger partial charge in [-0.15, -0.1) is 11.6 Å². The Hall–Kier alpha value is -1.98. The van der Waals surface area contributed by atoms with E-state index in [2.05, 4.69) is 12.2 Å². The molecule has 3 nitrogen and oxygen atoms in total. The predicted octanol–water partition coefficient (Wildman–Crippen LogP) is 6.62. The molecular formula is C26H31ClF2N2O. The van der Waals surface area contributed by atoms with Gasteiger partial charge in [0.05, 0.1) is 6.54 Å². The number of benzene rings is 2. The Kier molecular flexibility index (Phi) is 7.16. The maximum Gasteiger partial charge on any atom is 0.264 e. The number of halogens is 3. The van der Waals surface area contributed by atoms with Crippen LogP contribution in [0.5, 0.6) is 0 Å². The number of rotatable bonds is 9. The molecule has 1 aliphatic carbocycles. The molecule has 0 spiro atoms. The van der Waals surface area contributed by atoms with Gasteiger partial charge < -0.3 is 10.2 Å². The number of hydrogen-bond donors (Lipinski definition) is 1. The van der Waals surface area contributed by atoms with Crippen LogP contribution in [-0.4, -0.2) is 17.3 Å². The first-order valence-electron chi connectivity index (χ1n) is 11.6. The van der Waals surface area contributed by atoms with Crippen molar-refractivity contribution in [2.24, 2.45) is 5.92 Å². The van der Waals surface area contributed by atoms with Gasteiger partial charge in [-0.05, 0) is 79.5 Å². The first kappa shape index (κ1) is 23.2. The molecule has 0 radical (unpaired) electrons. The molecule has 2 atom stereocenters. The molecule has 172 valence electrons. The molecule has 6 heteroatoms. The molecule has 1 N–H and O–H groups in total. The molecule has 1 amide bonds. The van der Waals surface area contributed by atoms with Crippen LogP contribution in [0.4, 0.5) is 14.5 Å². The van der Waals surface area contributed by atoms with Crippen molar-refractivity contribution in [1.82, 2.24) is 5.32 Å². The minimum atomic E-state index is -2.62. The van der Waals surface area contributed by atoms with Crippen LogP contribution in [0.2, 0.25) is 0 Å². The Morgan fingerprint density at radius 2 is 1.97 bits per heavy atom. The van der Waals surface area contributed by atoms with E-state index in [-0.39, 0.29) is 23.4 Å². The van der Waals surface area contributed by atoms with Crippen LogP contribution < -0.4 is 10.2 Å². The molecule has 4 rings (SSSR count). The molecule has 0 aromatic heterocycles. The lowest BCUT2D eigenvalue weighted by atomic mass is 9.80. The molecule has 32 heavy (non-hydrogen) atoms. The third-order valence-corrected chi connectivity index (χ3v) is 7.44. The van der Waals surface area contributed by atoms with E-state index in [1.54, 1.807) is 17.0 Å². The van der Waals surface area contributed by atoms with Crippen molar-refractivity contribution in [2.75, 3.05) is 4.90 Å². The molecule has 2 unspecified atom stereocenters. The van der Waals surface area contributed by atoms with E-state index in [1.807, 2.05) is 31.2 Å². The number of anilines is 1. The second-order valence-electron chi connectivity index (χ2n) is 9.14. The highest BCUT2D eigenvalue weighted by atomic mass is 35.5. The highest BCUT2D eigenvalue weighted by Gasteiger charge is 2.33. The fourth-order valence-electron chi connectivity index (χ4n) is 4.64. The lowest BCUT2D eigenvalue weighted by Gasteiger charge is -2.32. The maximum atomic E-state index is 13.9. The van der Waals surface area contributed by atoms with E-state index in [0.29, 0.717) is 36.1 Å². The van der Waals surface area contributed by atoms with Crippen molar-refractivity contribution in [3.05, 3.63) is 64.2 Å². The molecule has 0 bridgehead atoms. The summed E-state index contributed by atoms with van der Waals surface area (Å²) in [4.78, 5) is 14.9. The fourth-order valence-corrected chi connectivity index (χ4v) is 4.82. The zero-order valence-corrected chi connectivity index (χ0v) is 19.5. The molecule has 2 aromatic carbocycles. The topological polar surface area (TPSA) is 32.3 Å². The molecule has 0 saturated heterocycles. The van der Waals surface area contributed by atoms with Crippen molar-refractivity contribution in [3.8, 4) is 0 Å². The standard InChI is InChI=1S/C26H31ClF2N2O/c1-3-20(27)10-17-6-4-9-21(11-17)31-15-24-22(25(28)29)12-18(13-23(24)26(31)32)14-30-16(2)19-7-5-8-19/h4,6,9,11-13,16,19-20,25,30H,3,5,7-8,10,14-15H2,1-2H3. The summed E-state index contributed by atoms with van der Waals surface area (Å²) in [6.45, 7) is 4.84. The minimum absolute atomic E-state index is 0.0274. The molecule has 1 saturated carbocycles. The van der Waals surface area contributed by atoms with Gasteiger partial charge in [0.2, 0.25) is 0 Å². The van der Waals surface area contributed by atoms with E-state index in [9.17, 15) is 13.6 Å². The molecular weight excluding hydrogens is 430 g/mol. The van der Waals surface area contributed by atoms with Gasteiger partial charge in [-0.3, -0.25) is 4.79 Å².